The minimum atomic E-state index is 0. The van der Waals surface area contributed by atoms with Gasteiger partial charge in [0.25, 0.3) is 0 Å². The van der Waals surface area contributed by atoms with Crippen LogP contribution in [0.1, 0.15) is 52.4 Å². The number of nitrogens with zero attached hydrogens (tertiary/aromatic N) is 1. The first-order chi connectivity index (χ1) is 8.90. The van der Waals surface area contributed by atoms with Gasteiger partial charge in [-0.25, -0.2) is 0 Å². The molecular weight excluding hydrogens is 361 g/mol. The van der Waals surface area contributed by atoms with Crippen molar-refractivity contribution >= 4 is 0 Å². The zero-order valence-corrected chi connectivity index (χ0v) is 15.9. The quantitative estimate of drug-likeness (QED) is 0.487. The lowest BCUT2D eigenvalue weighted by Gasteiger charge is -2.57. The summed E-state index contributed by atoms with van der Waals surface area (Å²) in [5, 5.41) is 0. The third kappa shape index (κ3) is 3.52. The fourth-order valence-electron chi connectivity index (χ4n) is 5.46. The molecule has 4 aliphatic rings. The molecule has 3 heteroatoms. The van der Waals surface area contributed by atoms with Gasteiger partial charge >= 0.3 is 0 Å². The van der Waals surface area contributed by atoms with E-state index in [1.54, 1.807) is 0 Å². The molecular formula is C17H32INO. The second kappa shape index (κ2) is 6.04. The molecule has 0 aromatic carbocycles. The molecule has 0 aromatic heterocycles. The zero-order valence-electron chi connectivity index (χ0n) is 13.7. The molecule has 0 amide bonds. The predicted octanol–water partition coefficient (Wildman–Crippen LogP) is 0.461. The average Bonchev–Trinajstić information content (AvgIpc) is 2.25. The van der Waals surface area contributed by atoms with Gasteiger partial charge in [-0.15, -0.1) is 0 Å². The van der Waals surface area contributed by atoms with E-state index in [1.807, 2.05) is 0 Å². The molecule has 20 heavy (non-hydrogen) atoms. The van der Waals surface area contributed by atoms with Crippen LogP contribution < -0.4 is 24.0 Å². The van der Waals surface area contributed by atoms with E-state index in [1.165, 1.54) is 45.1 Å². The molecule has 4 rings (SSSR count). The lowest BCUT2D eigenvalue weighted by Crippen LogP contribution is -3.00. The maximum atomic E-state index is 6.67. The summed E-state index contributed by atoms with van der Waals surface area (Å²) in [7, 11) is 4.64. The van der Waals surface area contributed by atoms with E-state index < -0.39 is 0 Å². The van der Waals surface area contributed by atoms with Crippen molar-refractivity contribution in [2.45, 2.75) is 64.1 Å². The fraction of sp³-hybridized carbons (Fsp3) is 1.00. The third-order valence-corrected chi connectivity index (χ3v) is 6.04. The highest BCUT2D eigenvalue weighted by Gasteiger charge is 2.52. The Morgan fingerprint density at radius 2 is 1.50 bits per heavy atom. The van der Waals surface area contributed by atoms with E-state index >= 15 is 0 Å². The monoisotopic (exact) mass is 393 g/mol. The van der Waals surface area contributed by atoms with Gasteiger partial charge in [-0.2, -0.15) is 0 Å². The van der Waals surface area contributed by atoms with Crippen LogP contribution >= 0.6 is 0 Å². The van der Waals surface area contributed by atoms with E-state index in [9.17, 15) is 0 Å². The molecule has 118 valence electrons. The second-order valence-corrected chi connectivity index (χ2v) is 8.46. The SMILES string of the molecule is CC[N+](C)(C)CC(C)OC12CC3CC(CC(C3)C1)C2.[I-]. The summed E-state index contributed by atoms with van der Waals surface area (Å²) in [4.78, 5) is 0. The van der Waals surface area contributed by atoms with Crippen molar-refractivity contribution < 1.29 is 33.2 Å². The van der Waals surface area contributed by atoms with Gasteiger partial charge in [0.15, 0.2) is 0 Å². The Morgan fingerprint density at radius 1 is 1.05 bits per heavy atom. The Kier molecular flexibility index (Phi) is 5.13. The van der Waals surface area contributed by atoms with Gasteiger partial charge in [0.1, 0.15) is 12.6 Å². The number of likely N-dealkylation sites (N-methyl/N-ethyl adjacent to an activating group) is 1. The summed E-state index contributed by atoms with van der Waals surface area (Å²) < 4.78 is 7.75. The van der Waals surface area contributed by atoms with Crippen molar-refractivity contribution in [2.24, 2.45) is 17.8 Å². The van der Waals surface area contributed by atoms with Crippen LogP contribution in [0.2, 0.25) is 0 Å². The van der Waals surface area contributed by atoms with Crippen molar-refractivity contribution in [1.82, 2.24) is 0 Å². The summed E-state index contributed by atoms with van der Waals surface area (Å²) in [6, 6.07) is 0. The summed E-state index contributed by atoms with van der Waals surface area (Å²) in [6.45, 7) is 6.92. The molecule has 0 aliphatic heterocycles. The maximum Gasteiger partial charge on any atom is 0.105 e. The molecule has 1 atom stereocenters. The van der Waals surface area contributed by atoms with Crippen molar-refractivity contribution in [3.8, 4) is 0 Å². The third-order valence-electron chi connectivity index (χ3n) is 6.04. The van der Waals surface area contributed by atoms with Gasteiger partial charge in [0.2, 0.25) is 0 Å². The van der Waals surface area contributed by atoms with Crippen LogP contribution in [-0.2, 0) is 4.74 Å². The Hall–Kier alpha value is 0.650. The van der Waals surface area contributed by atoms with Crippen LogP contribution in [0.3, 0.4) is 0 Å². The maximum absolute atomic E-state index is 6.67. The zero-order chi connectivity index (χ0) is 13.7. The highest BCUT2D eigenvalue weighted by Crippen LogP contribution is 2.57. The van der Waals surface area contributed by atoms with E-state index in [-0.39, 0.29) is 29.6 Å². The highest BCUT2D eigenvalue weighted by atomic mass is 127. The second-order valence-electron chi connectivity index (χ2n) is 8.46. The molecule has 4 fully saturated rings. The number of hydrogen-bond acceptors (Lipinski definition) is 1. The molecule has 0 spiro atoms. The van der Waals surface area contributed by atoms with Crippen LogP contribution in [0.25, 0.3) is 0 Å². The molecule has 4 bridgehead atoms. The summed E-state index contributed by atoms with van der Waals surface area (Å²) in [6.07, 6.45) is 9.02. The summed E-state index contributed by atoms with van der Waals surface area (Å²) in [5.74, 6) is 2.98. The number of hydrogen-bond donors (Lipinski definition) is 0. The minimum absolute atomic E-state index is 0. The minimum Gasteiger partial charge on any atom is -1.00 e. The van der Waals surface area contributed by atoms with Gasteiger partial charge in [-0.05, 0) is 70.1 Å². The van der Waals surface area contributed by atoms with Gasteiger partial charge in [0.05, 0.1) is 26.2 Å². The molecule has 2 nitrogen and oxygen atoms in total. The fourth-order valence-corrected chi connectivity index (χ4v) is 5.46. The molecule has 0 N–H and O–H groups in total. The largest absolute Gasteiger partial charge is 1.00 e. The Bertz CT molecular complexity index is 307. The van der Waals surface area contributed by atoms with Crippen LogP contribution in [-0.4, -0.2) is 43.4 Å². The Morgan fingerprint density at radius 3 is 1.90 bits per heavy atom. The number of quaternary nitrogens is 1. The van der Waals surface area contributed by atoms with Gasteiger partial charge < -0.3 is 33.2 Å². The van der Waals surface area contributed by atoms with Crippen LogP contribution in [0, 0.1) is 17.8 Å². The number of halogens is 1. The average molecular weight is 393 g/mol. The van der Waals surface area contributed by atoms with Gasteiger partial charge in [-0.3, -0.25) is 0 Å². The molecule has 1 unspecified atom stereocenters. The van der Waals surface area contributed by atoms with Crippen LogP contribution in [0.15, 0.2) is 0 Å². The first-order valence-electron chi connectivity index (χ1n) is 8.39. The lowest BCUT2D eigenvalue weighted by molar-refractivity contribution is -0.891. The van der Waals surface area contributed by atoms with Crippen molar-refractivity contribution in [3.63, 3.8) is 0 Å². The molecule has 4 aliphatic carbocycles. The number of ether oxygens (including phenoxy) is 1. The Balaban J connectivity index is 0.00000147. The molecule has 0 radical (unpaired) electrons. The molecule has 0 saturated heterocycles. The molecule has 0 aromatic rings. The summed E-state index contributed by atoms with van der Waals surface area (Å²) in [5.41, 5.74) is 0.280. The molecule has 0 heterocycles. The smallest absolute Gasteiger partial charge is 0.105 e. The molecule has 4 saturated carbocycles. The van der Waals surface area contributed by atoms with Gasteiger partial charge in [-0.1, -0.05) is 0 Å². The van der Waals surface area contributed by atoms with Crippen LogP contribution in [0.4, 0.5) is 0 Å². The highest BCUT2D eigenvalue weighted by molar-refractivity contribution is 5.03. The summed E-state index contributed by atoms with van der Waals surface area (Å²) >= 11 is 0. The predicted molar refractivity (Wildman–Crippen MR) is 79.0 cm³/mol. The van der Waals surface area contributed by atoms with E-state index in [0.29, 0.717) is 6.10 Å². The van der Waals surface area contributed by atoms with E-state index in [0.717, 1.165) is 28.8 Å². The lowest BCUT2D eigenvalue weighted by atomic mass is 9.54. The van der Waals surface area contributed by atoms with Crippen molar-refractivity contribution in [3.05, 3.63) is 0 Å². The number of rotatable bonds is 5. The van der Waals surface area contributed by atoms with Crippen molar-refractivity contribution in [2.75, 3.05) is 27.2 Å². The van der Waals surface area contributed by atoms with Crippen molar-refractivity contribution in [1.29, 1.82) is 0 Å². The van der Waals surface area contributed by atoms with Gasteiger partial charge in [0, 0.05) is 0 Å². The standard InChI is InChI=1S/C17H32NO.HI/c1-5-18(3,4)12-13(2)19-17-9-14-6-15(10-17)8-16(7-14)11-17;/h13-16H,5-12H2,1-4H3;1H/q+1;/p-1. The van der Waals surface area contributed by atoms with E-state index in [2.05, 4.69) is 27.9 Å². The first kappa shape index (κ1) is 17.0. The Labute approximate surface area is 142 Å². The topological polar surface area (TPSA) is 9.23 Å². The van der Waals surface area contributed by atoms with Crippen LogP contribution in [0.5, 0.6) is 0 Å². The normalized spacial score (nSPS) is 40.5. The van der Waals surface area contributed by atoms with E-state index in [4.69, 9.17) is 4.74 Å². The first-order valence-corrected chi connectivity index (χ1v) is 8.39.